The zero-order valence-electron chi connectivity index (χ0n) is 17.0. The molecule has 28 heavy (non-hydrogen) atoms. The Kier molecular flexibility index (Phi) is 5.58. The summed E-state index contributed by atoms with van der Waals surface area (Å²) in [6.45, 7) is 6.21. The van der Waals surface area contributed by atoms with Crippen molar-refractivity contribution in [3.8, 4) is 0 Å². The number of anilines is 2. The predicted octanol–water partition coefficient (Wildman–Crippen LogP) is 4.92. The van der Waals surface area contributed by atoms with Crippen molar-refractivity contribution in [1.82, 2.24) is 5.32 Å². The van der Waals surface area contributed by atoms with Gasteiger partial charge in [-0.25, -0.2) is 4.39 Å². The van der Waals surface area contributed by atoms with Crippen LogP contribution in [0.1, 0.15) is 44.2 Å². The number of nitrogens with zero attached hydrogens (tertiary/aromatic N) is 1. The van der Waals surface area contributed by atoms with Crippen LogP contribution in [0.5, 0.6) is 0 Å². The van der Waals surface area contributed by atoms with Crippen molar-refractivity contribution in [3.05, 3.63) is 59.7 Å². The Hall–Kier alpha value is -2.07. The quantitative estimate of drug-likeness (QED) is 0.696. The molecule has 0 bridgehead atoms. The van der Waals surface area contributed by atoms with E-state index < -0.39 is 5.79 Å². The van der Waals surface area contributed by atoms with Gasteiger partial charge in [-0.1, -0.05) is 36.4 Å². The second kappa shape index (κ2) is 8.12. The molecule has 1 saturated heterocycles. The lowest BCUT2D eigenvalue weighted by molar-refractivity contribution is 0.135. The van der Waals surface area contributed by atoms with E-state index in [9.17, 15) is 0 Å². The van der Waals surface area contributed by atoms with Gasteiger partial charge in [0, 0.05) is 36.3 Å². The highest BCUT2D eigenvalue weighted by molar-refractivity contribution is 5.68. The summed E-state index contributed by atoms with van der Waals surface area (Å²) < 4.78 is 16.5. The molecule has 0 aliphatic carbocycles. The summed E-state index contributed by atoms with van der Waals surface area (Å²) in [5.74, 6) is -1.31. The molecular weight excluding hydrogens is 349 g/mol. The van der Waals surface area contributed by atoms with Gasteiger partial charge >= 0.3 is 0 Å². The van der Waals surface area contributed by atoms with Crippen molar-refractivity contribution >= 4 is 11.4 Å². The van der Waals surface area contributed by atoms with Crippen LogP contribution in [-0.2, 0) is 12.8 Å². The average molecular weight is 382 g/mol. The van der Waals surface area contributed by atoms with Crippen molar-refractivity contribution in [2.24, 2.45) is 0 Å². The third kappa shape index (κ3) is 4.02. The molecule has 4 rings (SSSR count). The minimum Gasteiger partial charge on any atom is -0.383 e. The molecule has 2 aromatic carbocycles. The summed E-state index contributed by atoms with van der Waals surface area (Å²) in [5.41, 5.74) is 4.53. The Balaban J connectivity index is 1.63. The number of fused-ring (bicyclic) bond motifs is 1. The third-order valence-corrected chi connectivity index (χ3v) is 6.01. The number of hydrogen-bond acceptors (Lipinski definition) is 3. The number of rotatable bonds is 6. The zero-order valence-corrected chi connectivity index (χ0v) is 17.0. The Bertz CT molecular complexity index is 786. The van der Waals surface area contributed by atoms with Gasteiger partial charge in [-0.05, 0) is 69.5 Å². The van der Waals surface area contributed by atoms with Crippen LogP contribution in [0, 0.1) is 0 Å². The highest BCUT2D eigenvalue weighted by Gasteiger charge is 2.47. The maximum Gasteiger partial charge on any atom is 0.187 e. The molecule has 0 spiro atoms. The van der Waals surface area contributed by atoms with Crippen LogP contribution in [0.4, 0.5) is 15.8 Å². The number of hydrogen-bond donors (Lipinski definition) is 2. The number of halogens is 1. The Morgan fingerprint density at radius 1 is 1.14 bits per heavy atom. The van der Waals surface area contributed by atoms with E-state index in [1.807, 2.05) is 18.2 Å². The topological polar surface area (TPSA) is 27.3 Å². The third-order valence-electron chi connectivity index (χ3n) is 6.01. The second-order valence-corrected chi connectivity index (χ2v) is 8.57. The van der Waals surface area contributed by atoms with Crippen LogP contribution in [0.15, 0.2) is 48.5 Å². The first-order chi connectivity index (χ1) is 13.5. The molecule has 150 valence electrons. The maximum atomic E-state index is 16.5. The van der Waals surface area contributed by atoms with Crippen LogP contribution in [0.2, 0.25) is 0 Å². The molecule has 2 heterocycles. The fourth-order valence-corrected chi connectivity index (χ4v) is 4.73. The lowest BCUT2D eigenvalue weighted by atomic mass is 9.97. The average Bonchev–Trinajstić information content (AvgIpc) is 2.99. The van der Waals surface area contributed by atoms with Gasteiger partial charge in [0.05, 0.1) is 0 Å². The molecule has 2 aromatic rings. The molecule has 4 heteroatoms. The van der Waals surface area contributed by atoms with E-state index in [2.05, 4.69) is 59.7 Å². The van der Waals surface area contributed by atoms with Gasteiger partial charge in [0.1, 0.15) is 0 Å². The van der Waals surface area contributed by atoms with Gasteiger partial charge < -0.3 is 15.5 Å². The van der Waals surface area contributed by atoms with Gasteiger partial charge in [0.25, 0.3) is 0 Å². The highest BCUT2D eigenvalue weighted by atomic mass is 19.1. The standard InChI is InChI=1S/C24H32FN3/c1-18(2)27-21-9-8-20-17-24(25,13-10-19-6-4-3-5-7-19)28(23(20)16-21)22-11-14-26-15-12-22/h3-9,16,18,22,26-27H,10-15,17H2,1-2H3. The van der Waals surface area contributed by atoms with Crippen LogP contribution in [0.3, 0.4) is 0 Å². The molecule has 0 radical (unpaired) electrons. The van der Waals surface area contributed by atoms with Crippen LogP contribution in [-0.4, -0.2) is 31.0 Å². The molecule has 2 aliphatic heterocycles. The van der Waals surface area contributed by atoms with E-state index in [1.54, 1.807) is 0 Å². The first-order valence-electron chi connectivity index (χ1n) is 10.7. The predicted molar refractivity (Wildman–Crippen MR) is 116 cm³/mol. The van der Waals surface area contributed by atoms with Crippen molar-refractivity contribution in [3.63, 3.8) is 0 Å². The fraction of sp³-hybridized carbons (Fsp3) is 0.500. The minimum absolute atomic E-state index is 0.262. The highest BCUT2D eigenvalue weighted by Crippen LogP contribution is 2.46. The number of alkyl halides is 1. The number of piperidine rings is 1. The van der Waals surface area contributed by atoms with Crippen molar-refractivity contribution in [2.75, 3.05) is 23.3 Å². The monoisotopic (exact) mass is 381 g/mol. The van der Waals surface area contributed by atoms with Gasteiger partial charge in [0.2, 0.25) is 0 Å². The van der Waals surface area contributed by atoms with Gasteiger partial charge in [0.15, 0.2) is 5.79 Å². The normalized spacial score (nSPS) is 22.5. The molecule has 2 N–H and O–H groups in total. The smallest absolute Gasteiger partial charge is 0.187 e. The number of benzene rings is 2. The Morgan fingerprint density at radius 2 is 1.89 bits per heavy atom. The zero-order chi connectivity index (χ0) is 19.6. The van der Waals surface area contributed by atoms with E-state index in [0.29, 0.717) is 18.9 Å². The minimum atomic E-state index is -1.31. The number of nitrogens with one attached hydrogen (secondary N) is 2. The summed E-state index contributed by atoms with van der Waals surface area (Å²) in [7, 11) is 0. The molecule has 1 unspecified atom stereocenters. The van der Waals surface area contributed by atoms with Crippen molar-refractivity contribution in [1.29, 1.82) is 0 Å². The lowest BCUT2D eigenvalue weighted by Gasteiger charge is -2.42. The summed E-state index contributed by atoms with van der Waals surface area (Å²) in [5, 5.41) is 6.91. The summed E-state index contributed by atoms with van der Waals surface area (Å²) in [4.78, 5) is 2.14. The van der Waals surface area contributed by atoms with E-state index >= 15 is 4.39 Å². The van der Waals surface area contributed by atoms with Crippen molar-refractivity contribution in [2.45, 2.75) is 63.8 Å². The molecule has 3 nitrogen and oxygen atoms in total. The van der Waals surface area contributed by atoms with E-state index in [1.165, 1.54) is 5.56 Å². The lowest BCUT2D eigenvalue weighted by Crippen LogP contribution is -2.52. The molecule has 1 atom stereocenters. The summed E-state index contributed by atoms with van der Waals surface area (Å²) >= 11 is 0. The fourth-order valence-electron chi connectivity index (χ4n) is 4.73. The molecule has 0 aromatic heterocycles. The Labute approximate surface area is 168 Å². The number of aryl methyl sites for hydroxylation is 1. The van der Waals surface area contributed by atoms with Gasteiger partial charge in [-0.15, -0.1) is 0 Å². The largest absolute Gasteiger partial charge is 0.383 e. The summed E-state index contributed by atoms with van der Waals surface area (Å²) in [6.07, 6.45) is 3.78. The second-order valence-electron chi connectivity index (χ2n) is 8.57. The maximum absolute atomic E-state index is 16.5. The van der Waals surface area contributed by atoms with E-state index in [-0.39, 0.29) is 6.04 Å². The molecule has 0 saturated carbocycles. The van der Waals surface area contributed by atoms with E-state index in [4.69, 9.17) is 0 Å². The SMILES string of the molecule is CC(C)Nc1ccc2c(c1)N(C1CCNCC1)C(F)(CCc1ccccc1)C2. The van der Waals surface area contributed by atoms with Crippen LogP contribution >= 0.6 is 0 Å². The van der Waals surface area contributed by atoms with Crippen molar-refractivity contribution < 1.29 is 4.39 Å². The molecule has 2 aliphatic rings. The molecule has 1 fully saturated rings. The van der Waals surface area contributed by atoms with Gasteiger partial charge in [-0.3, -0.25) is 0 Å². The Morgan fingerprint density at radius 3 is 2.61 bits per heavy atom. The summed E-state index contributed by atoms with van der Waals surface area (Å²) in [6, 6.07) is 17.3. The molecular formula is C24H32FN3. The van der Waals surface area contributed by atoms with E-state index in [0.717, 1.165) is 49.3 Å². The van der Waals surface area contributed by atoms with Crippen LogP contribution in [0.25, 0.3) is 0 Å². The molecule has 0 amide bonds. The van der Waals surface area contributed by atoms with Gasteiger partial charge in [-0.2, -0.15) is 0 Å². The first kappa shape index (κ1) is 19.3. The first-order valence-corrected chi connectivity index (χ1v) is 10.7. The van der Waals surface area contributed by atoms with Crippen LogP contribution < -0.4 is 15.5 Å².